The lowest BCUT2D eigenvalue weighted by molar-refractivity contribution is 0.0648. The molecule has 0 aliphatic carbocycles. The molecule has 4 rings (SSSR count). The fraction of sp³-hybridized carbons (Fsp3) is 0.407. The van der Waals surface area contributed by atoms with E-state index in [0.29, 0.717) is 17.4 Å². The number of nitrogens with zero attached hydrogens (tertiary/aromatic N) is 2. The van der Waals surface area contributed by atoms with E-state index in [1.165, 1.54) is 6.07 Å². The Balaban J connectivity index is 1.71. The summed E-state index contributed by atoms with van der Waals surface area (Å²) < 4.78 is 30.5. The van der Waals surface area contributed by atoms with Crippen LogP contribution in [0.15, 0.2) is 51.7 Å². The molecule has 1 atom stereocenters. The van der Waals surface area contributed by atoms with Crippen LogP contribution in [0.25, 0.3) is 11.0 Å². The smallest absolute Gasteiger partial charge is 0.290 e. The van der Waals surface area contributed by atoms with Gasteiger partial charge in [-0.05, 0) is 69.0 Å². The minimum absolute atomic E-state index is 0.0440. The van der Waals surface area contributed by atoms with E-state index < -0.39 is 21.8 Å². The van der Waals surface area contributed by atoms with E-state index in [0.717, 1.165) is 35.5 Å². The third-order valence-corrected chi connectivity index (χ3v) is 8.71. The quantitative estimate of drug-likeness (QED) is 0.490. The lowest BCUT2D eigenvalue weighted by atomic mass is 10.1. The number of aryl methyl sites for hydroxylation is 2. The number of sulfone groups is 1. The van der Waals surface area contributed by atoms with Crippen molar-refractivity contribution in [3.8, 4) is 0 Å². The number of amides is 1. The van der Waals surface area contributed by atoms with E-state index >= 15 is 0 Å². The van der Waals surface area contributed by atoms with E-state index in [1.807, 2.05) is 44.2 Å². The lowest BCUT2D eigenvalue weighted by Gasteiger charge is -2.28. The number of benzene rings is 2. The highest BCUT2D eigenvalue weighted by Gasteiger charge is 2.36. The second kappa shape index (κ2) is 9.85. The zero-order valence-corrected chi connectivity index (χ0v) is 21.5. The standard InChI is InChI=1S/C27H32N2O5S/c1-5-28(6-2)21-10-8-20(9-11-21)16-29(22-13-14-35(32,33)17-22)27(31)25-15-24(30)23-12-7-18(3)19(4)26(23)34-25/h7-12,15,22H,5-6,13-14,16-17H2,1-4H3. The molecule has 0 radical (unpaired) electrons. The average Bonchev–Trinajstić information content (AvgIpc) is 3.20. The molecule has 2 aromatic carbocycles. The van der Waals surface area contributed by atoms with Crippen LogP contribution >= 0.6 is 0 Å². The monoisotopic (exact) mass is 496 g/mol. The van der Waals surface area contributed by atoms with Gasteiger partial charge < -0.3 is 14.2 Å². The largest absolute Gasteiger partial charge is 0.450 e. The second-order valence-electron chi connectivity index (χ2n) is 9.19. The van der Waals surface area contributed by atoms with Crippen LogP contribution in [0.5, 0.6) is 0 Å². The minimum Gasteiger partial charge on any atom is -0.450 e. The number of hydrogen-bond acceptors (Lipinski definition) is 6. The Morgan fingerprint density at radius 2 is 1.74 bits per heavy atom. The van der Waals surface area contributed by atoms with Crippen LogP contribution in [0.2, 0.25) is 0 Å². The van der Waals surface area contributed by atoms with Crippen LogP contribution in [0.3, 0.4) is 0 Å². The first-order valence-electron chi connectivity index (χ1n) is 12.0. The zero-order valence-electron chi connectivity index (χ0n) is 20.7. The van der Waals surface area contributed by atoms with E-state index in [4.69, 9.17) is 4.42 Å². The van der Waals surface area contributed by atoms with Gasteiger partial charge in [-0.25, -0.2) is 8.42 Å². The van der Waals surface area contributed by atoms with Crippen molar-refractivity contribution in [2.45, 2.75) is 46.7 Å². The maximum atomic E-state index is 13.7. The predicted octanol–water partition coefficient (Wildman–Crippen LogP) is 4.09. The summed E-state index contributed by atoms with van der Waals surface area (Å²) in [4.78, 5) is 30.3. The molecule has 0 saturated carbocycles. The normalized spacial score (nSPS) is 17.0. The molecule has 1 unspecified atom stereocenters. The van der Waals surface area contributed by atoms with E-state index in [9.17, 15) is 18.0 Å². The SMILES string of the molecule is CCN(CC)c1ccc(CN(C(=O)c2cc(=O)c3ccc(C)c(C)c3o2)C2CCS(=O)(=O)C2)cc1. The average molecular weight is 497 g/mol. The first-order valence-corrected chi connectivity index (χ1v) is 13.8. The minimum atomic E-state index is -3.22. The van der Waals surface area contributed by atoms with Crippen molar-refractivity contribution in [2.75, 3.05) is 29.5 Å². The summed E-state index contributed by atoms with van der Waals surface area (Å²) in [6, 6.07) is 12.2. The molecular formula is C27H32N2O5S. The molecule has 35 heavy (non-hydrogen) atoms. The summed E-state index contributed by atoms with van der Waals surface area (Å²) >= 11 is 0. The second-order valence-corrected chi connectivity index (χ2v) is 11.4. The molecule has 1 aliphatic heterocycles. The summed E-state index contributed by atoms with van der Waals surface area (Å²) in [6.07, 6.45) is 0.363. The third-order valence-electron chi connectivity index (χ3n) is 6.96. The van der Waals surface area contributed by atoms with Crippen LogP contribution < -0.4 is 10.3 Å². The van der Waals surface area contributed by atoms with Crippen LogP contribution in [-0.4, -0.2) is 49.9 Å². The van der Waals surface area contributed by atoms with Crippen molar-refractivity contribution >= 4 is 32.4 Å². The zero-order chi connectivity index (χ0) is 25.3. The molecular weight excluding hydrogens is 464 g/mol. The van der Waals surface area contributed by atoms with Gasteiger partial charge in [-0.3, -0.25) is 9.59 Å². The highest BCUT2D eigenvalue weighted by molar-refractivity contribution is 7.91. The topological polar surface area (TPSA) is 87.9 Å². The number of rotatable bonds is 7. The number of hydrogen-bond donors (Lipinski definition) is 0. The van der Waals surface area contributed by atoms with Gasteiger partial charge in [0.1, 0.15) is 5.58 Å². The summed E-state index contributed by atoms with van der Waals surface area (Å²) in [6.45, 7) is 9.97. The summed E-state index contributed by atoms with van der Waals surface area (Å²) in [5, 5.41) is 0.423. The Morgan fingerprint density at radius 1 is 1.06 bits per heavy atom. The van der Waals surface area contributed by atoms with Crippen molar-refractivity contribution in [3.63, 3.8) is 0 Å². The highest BCUT2D eigenvalue weighted by Crippen LogP contribution is 2.26. The lowest BCUT2D eigenvalue weighted by Crippen LogP contribution is -2.41. The van der Waals surface area contributed by atoms with Gasteiger partial charge in [0.25, 0.3) is 5.91 Å². The molecule has 1 aliphatic rings. The molecule has 2 heterocycles. The third kappa shape index (κ3) is 5.12. The van der Waals surface area contributed by atoms with Gasteiger partial charge >= 0.3 is 0 Å². The summed E-state index contributed by atoms with van der Waals surface area (Å²) in [5.74, 6) is -0.589. The van der Waals surface area contributed by atoms with Gasteiger partial charge in [-0.2, -0.15) is 0 Å². The molecule has 1 fully saturated rings. The molecule has 1 saturated heterocycles. The maximum Gasteiger partial charge on any atom is 0.290 e. The van der Waals surface area contributed by atoms with E-state index in [1.54, 1.807) is 11.0 Å². The van der Waals surface area contributed by atoms with Crippen molar-refractivity contribution in [1.29, 1.82) is 0 Å². The van der Waals surface area contributed by atoms with Gasteiger partial charge in [0, 0.05) is 37.4 Å². The Morgan fingerprint density at radius 3 is 2.34 bits per heavy atom. The molecule has 0 spiro atoms. The summed E-state index contributed by atoms with van der Waals surface area (Å²) in [5.41, 5.74) is 3.83. The Bertz CT molecular complexity index is 1410. The van der Waals surface area contributed by atoms with Crippen molar-refractivity contribution in [1.82, 2.24) is 4.90 Å². The molecule has 1 aromatic heterocycles. The fourth-order valence-corrected chi connectivity index (χ4v) is 6.42. The molecule has 3 aromatic rings. The highest BCUT2D eigenvalue weighted by atomic mass is 32.2. The van der Waals surface area contributed by atoms with E-state index in [-0.39, 0.29) is 29.2 Å². The number of fused-ring (bicyclic) bond motifs is 1. The number of carbonyl (C=O) groups is 1. The maximum absolute atomic E-state index is 13.7. The fourth-order valence-electron chi connectivity index (χ4n) is 4.68. The summed E-state index contributed by atoms with van der Waals surface area (Å²) in [7, 11) is -3.22. The Labute approximate surface area is 206 Å². The van der Waals surface area contributed by atoms with Crippen LogP contribution in [0, 0.1) is 13.8 Å². The van der Waals surface area contributed by atoms with Crippen LogP contribution in [-0.2, 0) is 16.4 Å². The molecule has 7 nitrogen and oxygen atoms in total. The first-order chi connectivity index (χ1) is 16.6. The predicted molar refractivity (Wildman–Crippen MR) is 139 cm³/mol. The molecule has 1 amide bonds. The first kappa shape index (κ1) is 25.0. The number of anilines is 1. The molecule has 0 bridgehead atoms. The van der Waals surface area contributed by atoms with E-state index in [2.05, 4.69) is 18.7 Å². The van der Waals surface area contributed by atoms with Gasteiger partial charge in [0.15, 0.2) is 21.0 Å². The Hall–Kier alpha value is -3.13. The number of carbonyl (C=O) groups excluding carboxylic acids is 1. The van der Waals surface area contributed by atoms with Crippen LogP contribution in [0.1, 0.15) is 47.5 Å². The van der Waals surface area contributed by atoms with Crippen molar-refractivity contribution in [2.24, 2.45) is 0 Å². The van der Waals surface area contributed by atoms with Crippen LogP contribution in [0.4, 0.5) is 5.69 Å². The van der Waals surface area contributed by atoms with Crippen molar-refractivity contribution < 1.29 is 17.6 Å². The van der Waals surface area contributed by atoms with Gasteiger partial charge in [-0.15, -0.1) is 0 Å². The van der Waals surface area contributed by atoms with Crippen molar-refractivity contribution in [3.05, 3.63) is 75.1 Å². The van der Waals surface area contributed by atoms with Gasteiger partial charge in [-0.1, -0.05) is 18.2 Å². The molecule has 8 heteroatoms. The van der Waals surface area contributed by atoms with Gasteiger partial charge in [0.05, 0.1) is 16.9 Å². The molecule has 0 N–H and O–H groups in total. The Kier molecular flexibility index (Phi) is 7.03. The molecule has 186 valence electrons. The van der Waals surface area contributed by atoms with Gasteiger partial charge in [0.2, 0.25) is 0 Å².